The van der Waals surface area contributed by atoms with Gasteiger partial charge in [-0.2, -0.15) is 0 Å². The van der Waals surface area contributed by atoms with E-state index in [2.05, 4.69) is 4.72 Å². The predicted octanol–water partition coefficient (Wildman–Crippen LogP) is 0.191. The second-order valence-corrected chi connectivity index (χ2v) is 12.8. The fraction of sp³-hybridized carbons (Fsp3) is 0.667. The summed E-state index contributed by atoms with van der Waals surface area (Å²) in [5, 5.41) is 0. The summed E-state index contributed by atoms with van der Waals surface area (Å²) in [5.41, 5.74) is 0. The van der Waals surface area contributed by atoms with Gasteiger partial charge >= 0.3 is 23.9 Å². The molecule has 2 aliphatic heterocycles. The number of nitrogens with one attached hydrogen (secondary N) is 1. The Morgan fingerprint density at radius 2 is 1.31 bits per heavy atom. The van der Waals surface area contributed by atoms with E-state index in [0.717, 1.165) is 27.7 Å². The van der Waals surface area contributed by atoms with Crippen molar-refractivity contribution < 1.29 is 79.7 Å². The molecule has 2 saturated heterocycles. The van der Waals surface area contributed by atoms with E-state index in [1.807, 2.05) is 0 Å². The van der Waals surface area contributed by atoms with Crippen molar-refractivity contribution >= 4 is 33.9 Å². The largest absolute Gasteiger partial charge is 0.497 e. The summed E-state index contributed by atoms with van der Waals surface area (Å²) in [6, 6.07) is 5.64. The van der Waals surface area contributed by atoms with Gasteiger partial charge in [-0.25, -0.2) is 13.1 Å². The van der Waals surface area contributed by atoms with Crippen LogP contribution in [0.3, 0.4) is 0 Å². The van der Waals surface area contributed by atoms with Crippen molar-refractivity contribution in [3.8, 4) is 5.75 Å². The third-order valence-electron chi connectivity index (χ3n) is 7.50. The Morgan fingerprint density at radius 1 is 0.735 bits per heavy atom. The average Bonchev–Trinajstić information content (AvgIpc) is 3.02. The summed E-state index contributed by atoms with van der Waals surface area (Å²) in [6.07, 6.45) is -12.4. The van der Waals surface area contributed by atoms with E-state index in [9.17, 15) is 27.6 Å². The number of rotatable bonds is 14. The van der Waals surface area contributed by atoms with Gasteiger partial charge in [0.15, 0.2) is 18.5 Å². The van der Waals surface area contributed by atoms with Crippen LogP contribution in [0.25, 0.3) is 0 Å². The second-order valence-electron chi connectivity index (χ2n) is 11.1. The highest BCUT2D eigenvalue weighted by Gasteiger charge is 2.62. The Bertz CT molecular complexity index is 1420. The molecule has 0 radical (unpaired) electrons. The summed E-state index contributed by atoms with van der Waals surface area (Å²) < 4.78 is 91.3. The van der Waals surface area contributed by atoms with Crippen molar-refractivity contribution in [1.29, 1.82) is 0 Å². The third kappa shape index (κ3) is 9.85. The lowest BCUT2D eigenvalue weighted by Crippen LogP contribution is -2.70. The maximum absolute atomic E-state index is 13.3. The van der Waals surface area contributed by atoms with Gasteiger partial charge in [-0.1, -0.05) is 0 Å². The Hall–Kier alpha value is -3.43. The van der Waals surface area contributed by atoms with E-state index in [-0.39, 0.29) is 4.90 Å². The topological polar surface area (TPSA) is 216 Å². The van der Waals surface area contributed by atoms with Gasteiger partial charge in [0.2, 0.25) is 22.4 Å². The van der Waals surface area contributed by atoms with Gasteiger partial charge in [0, 0.05) is 62.5 Å². The van der Waals surface area contributed by atoms with Gasteiger partial charge in [-0.05, 0) is 24.3 Å². The monoisotopic (exact) mass is 721 g/mol. The maximum Gasteiger partial charge on any atom is 0.305 e. The van der Waals surface area contributed by atoms with Crippen LogP contribution in [0.5, 0.6) is 5.75 Å². The van der Waals surface area contributed by atoms with Crippen LogP contribution < -0.4 is 9.46 Å². The van der Waals surface area contributed by atoms with E-state index in [1.54, 1.807) is 0 Å². The van der Waals surface area contributed by atoms with Crippen LogP contribution in [0.2, 0.25) is 0 Å². The molecule has 0 unspecified atom stereocenters. The molecule has 1 N–H and O–H groups in total. The molecule has 1 aromatic carbocycles. The maximum atomic E-state index is 13.3. The molecule has 1 aromatic rings. The Labute approximate surface area is 283 Å². The average molecular weight is 722 g/mol. The zero-order valence-corrected chi connectivity index (χ0v) is 29.4. The number of hydrogen-bond acceptors (Lipinski definition) is 17. The first kappa shape index (κ1) is 40.0. The molecule has 0 spiro atoms. The minimum Gasteiger partial charge on any atom is -0.497 e. The van der Waals surface area contributed by atoms with E-state index in [0.29, 0.717) is 5.75 Å². The summed E-state index contributed by atoms with van der Waals surface area (Å²) in [6.45, 7) is 5.03. The lowest BCUT2D eigenvalue weighted by Gasteiger charge is -2.51. The van der Waals surface area contributed by atoms with Crippen LogP contribution in [0.1, 0.15) is 34.6 Å². The normalized spacial score (nSPS) is 31.7. The molecule has 0 aromatic heterocycles. The number of benzene rings is 1. The molecule has 0 saturated carbocycles. The molecule has 49 heavy (non-hydrogen) atoms. The highest BCUT2D eigenvalue weighted by Crippen LogP contribution is 2.39. The number of hydrogen-bond donors (Lipinski definition) is 1. The number of sulfonamides is 1. The lowest BCUT2D eigenvalue weighted by molar-refractivity contribution is -0.406. The minimum atomic E-state index is -4.13. The van der Waals surface area contributed by atoms with Crippen molar-refractivity contribution in [2.75, 3.05) is 35.0 Å². The van der Waals surface area contributed by atoms with Crippen LogP contribution in [-0.4, -0.2) is 128 Å². The molecule has 0 amide bonds. The summed E-state index contributed by atoms with van der Waals surface area (Å²) >= 11 is 0. The molecule has 0 bridgehead atoms. The van der Waals surface area contributed by atoms with Crippen molar-refractivity contribution in [3.63, 3.8) is 0 Å². The van der Waals surface area contributed by atoms with Gasteiger partial charge in [0.1, 0.15) is 30.2 Å². The summed E-state index contributed by atoms with van der Waals surface area (Å²) in [7, 11) is 1.34. The number of esters is 4. The Kier molecular flexibility index (Phi) is 13.9. The SMILES string of the molecule is COc1ccc(S(=O)(=O)NC[C@H]2O[C@H](OC)[C@H](OC)[C@@H](OC)[C@H]2O[C@@H]2O[C@](C)(OC(C)=O)[C@H](OC(C)=O)[C@@H](OC(C)=O)[C@H]2OC(C)=O)cc1. The second kappa shape index (κ2) is 17.0. The zero-order valence-electron chi connectivity index (χ0n) is 28.6. The van der Waals surface area contributed by atoms with Crippen molar-refractivity contribution in [1.82, 2.24) is 4.72 Å². The van der Waals surface area contributed by atoms with Gasteiger partial charge < -0.3 is 52.1 Å². The van der Waals surface area contributed by atoms with Crippen molar-refractivity contribution in [2.45, 2.75) is 101 Å². The Balaban J connectivity index is 2.09. The molecule has 2 heterocycles. The van der Waals surface area contributed by atoms with Crippen LogP contribution in [0.4, 0.5) is 0 Å². The fourth-order valence-electron chi connectivity index (χ4n) is 5.55. The number of methoxy groups -OCH3 is 4. The predicted molar refractivity (Wildman–Crippen MR) is 162 cm³/mol. The minimum absolute atomic E-state index is 0.0775. The molecule has 276 valence electrons. The number of ether oxygens (including phenoxy) is 11. The van der Waals surface area contributed by atoms with E-state index in [4.69, 9.17) is 52.1 Å². The highest BCUT2D eigenvalue weighted by atomic mass is 32.2. The number of carbonyl (C=O) groups excluding carboxylic acids is 4. The summed E-state index contributed by atoms with van der Waals surface area (Å²) in [4.78, 5) is 49.0. The lowest BCUT2D eigenvalue weighted by atomic mass is 9.94. The van der Waals surface area contributed by atoms with E-state index < -0.39 is 102 Å². The van der Waals surface area contributed by atoms with Crippen LogP contribution in [-0.2, 0) is 76.6 Å². The molecule has 2 fully saturated rings. The Morgan fingerprint density at radius 3 is 1.80 bits per heavy atom. The van der Waals surface area contributed by atoms with Crippen LogP contribution in [0.15, 0.2) is 29.2 Å². The third-order valence-corrected chi connectivity index (χ3v) is 8.94. The molecule has 2 aliphatic rings. The first-order chi connectivity index (χ1) is 23.0. The quantitative estimate of drug-likeness (QED) is 0.200. The van der Waals surface area contributed by atoms with Gasteiger partial charge in [-0.3, -0.25) is 19.2 Å². The van der Waals surface area contributed by atoms with E-state index in [1.165, 1.54) is 59.6 Å². The van der Waals surface area contributed by atoms with Crippen LogP contribution >= 0.6 is 0 Å². The molecule has 10 atom stereocenters. The van der Waals surface area contributed by atoms with Crippen LogP contribution in [0, 0.1) is 0 Å². The molecule has 18 nitrogen and oxygen atoms in total. The standard InChI is InChI=1S/C30H43NO17S/c1-15(32)42-24-26(43-16(2)33)29(48-30(5,47-18(4)35)27(24)44-17(3)34)46-22-21(45-28(41-9)25(40-8)23(22)39-7)14-31-49(36,37)20-12-10-19(38-6)11-13-20/h10-13,21-29,31H,14H2,1-9H3/t21-,22+,23+,24+,25-,26-,27-,28+,29-,30+/m1/s1. The zero-order chi connectivity index (χ0) is 36.7. The fourth-order valence-corrected chi connectivity index (χ4v) is 6.59. The summed E-state index contributed by atoms with van der Waals surface area (Å²) in [5.74, 6) is -5.25. The van der Waals surface area contributed by atoms with E-state index >= 15 is 0 Å². The molecular weight excluding hydrogens is 678 g/mol. The highest BCUT2D eigenvalue weighted by molar-refractivity contribution is 7.89. The van der Waals surface area contributed by atoms with Crippen molar-refractivity contribution in [2.24, 2.45) is 0 Å². The van der Waals surface area contributed by atoms with Crippen molar-refractivity contribution in [3.05, 3.63) is 24.3 Å². The first-order valence-corrected chi connectivity index (χ1v) is 16.4. The van der Waals surface area contributed by atoms with Gasteiger partial charge in [-0.15, -0.1) is 0 Å². The van der Waals surface area contributed by atoms with Gasteiger partial charge in [0.25, 0.3) is 5.79 Å². The molecule has 19 heteroatoms. The molecule has 3 rings (SSSR count). The first-order valence-electron chi connectivity index (χ1n) is 14.9. The number of carbonyl (C=O) groups is 4. The molecule has 0 aliphatic carbocycles. The smallest absolute Gasteiger partial charge is 0.305 e. The van der Waals surface area contributed by atoms with Gasteiger partial charge in [0.05, 0.1) is 12.0 Å². The molecular formula is C30H43NO17S.